The van der Waals surface area contributed by atoms with E-state index in [1.165, 1.54) is 30.1 Å². The summed E-state index contributed by atoms with van der Waals surface area (Å²) in [6, 6.07) is 6.43. The second-order valence-electron chi connectivity index (χ2n) is 4.31. The molecule has 0 aliphatic rings. The number of hydrogen-bond acceptors (Lipinski definition) is 5. The predicted molar refractivity (Wildman–Crippen MR) is 77.1 cm³/mol. The van der Waals surface area contributed by atoms with Crippen LogP contribution in [0.1, 0.15) is 16.1 Å². The maximum absolute atomic E-state index is 12.0. The molecular weight excluding hydrogens is 292 g/mol. The molecule has 0 aliphatic carbocycles. The highest BCUT2D eigenvalue weighted by atomic mass is 32.2. The number of aromatic carboxylic acids is 1. The number of nitrogens with zero attached hydrogens (tertiary/aromatic N) is 2. The molecule has 0 aliphatic heterocycles. The first-order chi connectivity index (χ1) is 10.1. The van der Waals surface area contributed by atoms with Gasteiger partial charge < -0.3 is 14.4 Å². The minimum Gasteiger partial charge on any atom is -0.478 e. The van der Waals surface area contributed by atoms with Gasteiger partial charge in [0.1, 0.15) is 5.76 Å². The molecule has 1 amide bonds. The molecule has 0 spiro atoms. The minimum absolute atomic E-state index is 0.0843. The SMILES string of the molecule is CN(Cc1ccco1)C(=O)CSc1cc(C(=O)O)ccn1. The number of carboxylic acids is 1. The number of furan rings is 1. The van der Waals surface area contributed by atoms with Gasteiger partial charge >= 0.3 is 5.97 Å². The van der Waals surface area contributed by atoms with Gasteiger partial charge in [0.25, 0.3) is 0 Å². The monoisotopic (exact) mass is 306 g/mol. The van der Waals surface area contributed by atoms with Gasteiger partial charge in [-0.1, -0.05) is 11.8 Å². The van der Waals surface area contributed by atoms with E-state index >= 15 is 0 Å². The molecule has 2 aromatic rings. The summed E-state index contributed by atoms with van der Waals surface area (Å²) >= 11 is 1.20. The molecule has 2 heterocycles. The highest BCUT2D eigenvalue weighted by molar-refractivity contribution is 7.99. The zero-order valence-corrected chi connectivity index (χ0v) is 12.2. The number of carboxylic acid groups (broad SMARTS) is 1. The number of aromatic nitrogens is 1. The van der Waals surface area contributed by atoms with Gasteiger partial charge in [-0.05, 0) is 24.3 Å². The molecule has 1 N–H and O–H groups in total. The van der Waals surface area contributed by atoms with Crippen molar-refractivity contribution in [1.82, 2.24) is 9.88 Å². The Balaban J connectivity index is 1.88. The van der Waals surface area contributed by atoms with Crippen LogP contribution in [-0.2, 0) is 11.3 Å². The lowest BCUT2D eigenvalue weighted by atomic mass is 10.3. The molecule has 0 atom stereocenters. The van der Waals surface area contributed by atoms with Gasteiger partial charge in [0.15, 0.2) is 0 Å². The largest absolute Gasteiger partial charge is 0.478 e. The maximum Gasteiger partial charge on any atom is 0.335 e. The molecule has 2 aromatic heterocycles. The van der Waals surface area contributed by atoms with Gasteiger partial charge in [-0.25, -0.2) is 9.78 Å². The first-order valence-electron chi connectivity index (χ1n) is 6.15. The van der Waals surface area contributed by atoms with Crippen LogP contribution in [0.4, 0.5) is 0 Å². The van der Waals surface area contributed by atoms with Gasteiger partial charge in [-0.3, -0.25) is 4.79 Å². The number of carbonyl (C=O) groups is 2. The van der Waals surface area contributed by atoms with E-state index in [1.807, 2.05) is 0 Å². The number of carbonyl (C=O) groups excluding carboxylic acids is 1. The number of thioether (sulfide) groups is 1. The number of hydrogen-bond donors (Lipinski definition) is 1. The summed E-state index contributed by atoms with van der Waals surface area (Å²) in [7, 11) is 1.69. The molecule has 0 fully saturated rings. The highest BCUT2D eigenvalue weighted by Crippen LogP contribution is 2.17. The Kier molecular flexibility index (Phi) is 4.99. The Hall–Kier alpha value is -2.28. The van der Waals surface area contributed by atoms with Crippen molar-refractivity contribution >= 4 is 23.6 Å². The molecule has 7 heteroatoms. The lowest BCUT2D eigenvalue weighted by Crippen LogP contribution is -2.27. The molecule has 110 valence electrons. The predicted octanol–water partition coefficient (Wildman–Crippen LogP) is 2.12. The third kappa shape index (κ3) is 4.35. The van der Waals surface area contributed by atoms with E-state index < -0.39 is 5.97 Å². The van der Waals surface area contributed by atoms with Crippen LogP contribution in [0.15, 0.2) is 46.2 Å². The normalized spacial score (nSPS) is 10.3. The first kappa shape index (κ1) is 15.1. The smallest absolute Gasteiger partial charge is 0.335 e. The number of amides is 1. The average Bonchev–Trinajstić information content (AvgIpc) is 2.97. The Morgan fingerprint density at radius 3 is 2.90 bits per heavy atom. The molecule has 0 aromatic carbocycles. The van der Waals surface area contributed by atoms with Gasteiger partial charge in [0, 0.05) is 13.2 Å². The van der Waals surface area contributed by atoms with E-state index in [-0.39, 0.29) is 17.2 Å². The second-order valence-corrected chi connectivity index (χ2v) is 5.30. The van der Waals surface area contributed by atoms with Crippen LogP contribution in [-0.4, -0.2) is 39.7 Å². The van der Waals surface area contributed by atoms with E-state index in [0.29, 0.717) is 17.3 Å². The maximum atomic E-state index is 12.0. The Bertz CT molecular complexity index is 628. The van der Waals surface area contributed by atoms with Gasteiger partial charge in [-0.2, -0.15) is 0 Å². The standard InChI is InChI=1S/C14H14N2O4S/c1-16(8-11-3-2-6-20-11)13(17)9-21-12-7-10(14(18)19)4-5-15-12/h2-7H,8-9H2,1H3,(H,18,19). The lowest BCUT2D eigenvalue weighted by molar-refractivity contribution is -0.127. The van der Waals surface area contributed by atoms with Crippen LogP contribution >= 0.6 is 11.8 Å². The number of pyridine rings is 1. The van der Waals surface area contributed by atoms with Gasteiger partial charge in [0.05, 0.1) is 29.2 Å². The van der Waals surface area contributed by atoms with Crippen molar-refractivity contribution < 1.29 is 19.1 Å². The molecule has 0 saturated heterocycles. The summed E-state index contributed by atoms with van der Waals surface area (Å²) in [4.78, 5) is 28.4. The molecular formula is C14H14N2O4S. The summed E-state index contributed by atoms with van der Waals surface area (Å²) in [6.07, 6.45) is 2.98. The number of rotatable bonds is 6. The van der Waals surface area contributed by atoms with Crippen molar-refractivity contribution in [1.29, 1.82) is 0 Å². The summed E-state index contributed by atoms with van der Waals surface area (Å²) in [6.45, 7) is 0.398. The van der Waals surface area contributed by atoms with Crippen molar-refractivity contribution in [2.75, 3.05) is 12.8 Å². The van der Waals surface area contributed by atoms with Gasteiger partial charge in [-0.15, -0.1) is 0 Å². The van der Waals surface area contributed by atoms with E-state index in [2.05, 4.69) is 4.98 Å². The summed E-state index contributed by atoms with van der Waals surface area (Å²) in [5.74, 6) is -0.200. The van der Waals surface area contributed by atoms with Crippen molar-refractivity contribution in [3.63, 3.8) is 0 Å². The van der Waals surface area contributed by atoms with Crippen LogP contribution in [0.5, 0.6) is 0 Å². The van der Waals surface area contributed by atoms with E-state index in [1.54, 1.807) is 30.3 Å². The molecule has 0 saturated carbocycles. The van der Waals surface area contributed by atoms with Crippen LogP contribution in [0.2, 0.25) is 0 Å². The van der Waals surface area contributed by atoms with Crippen LogP contribution in [0.25, 0.3) is 0 Å². The van der Waals surface area contributed by atoms with Crippen molar-refractivity contribution in [2.24, 2.45) is 0 Å². The first-order valence-corrected chi connectivity index (χ1v) is 7.13. The fourth-order valence-electron chi connectivity index (χ4n) is 1.59. The quantitative estimate of drug-likeness (QED) is 0.823. The van der Waals surface area contributed by atoms with Crippen molar-refractivity contribution in [3.05, 3.63) is 48.0 Å². The summed E-state index contributed by atoms with van der Waals surface area (Å²) < 4.78 is 5.18. The third-order valence-electron chi connectivity index (χ3n) is 2.72. The molecule has 6 nitrogen and oxygen atoms in total. The zero-order chi connectivity index (χ0) is 15.2. The van der Waals surface area contributed by atoms with E-state index in [9.17, 15) is 9.59 Å². The summed E-state index contributed by atoms with van der Waals surface area (Å²) in [5.41, 5.74) is 0.156. The second kappa shape index (κ2) is 6.94. The van der Waals surface area contributed by atoms with Crippen molar-refractivity contribution in [2.45, 2.75) is 11.6 Å². The fraction of sp³-hybridized carbons (Fsp3) is 0.214. The van der Waals surface area contributed by atoms with Crippen molar-refractivity contribution in [3.8, 4) is 0 Å². The molecule has 2 rings (SSSR count). The zero-order valence-electron chi connectivity index (χ0n) is 11.4. The topological polar surface area (TPSA) is 83.6 Å². The molecule has 0 unspecified atom stereocenters. The Morgan fingerprint density at radius 2 is 2.24 bits per heavy atom. The van der Waals surface area contributed by atoms with Gasteiger partial charge in [0.2, 0.25) is 5.91 Å². The minimum atomic E-state index is -1.01. The molecule has 21 heavy (non-hydrogen) atoms. The highest BCUT2D eigenvalue weighted by Gasteiger charge is 2.12. The Labute approximate surface area is 125 Å². The molecule has 0 bridgehead atoms. The molecule has 0 radical (unpaired) electrons. The van der Waals surface area contributed by atoms with Crippen LogP contribution in [0, 0.1) is 0 Å². The van der Waals surface area contributed by atoms with E-state index in [0.717, 1.165) is 0 Å². The average molecular weight is 306 g/mol. The lowest BCUT2D eigenvalue weighted by Gasteiger charge is -2.15. The van der Waals surface area contributed by atoms with Crippen LogP contribution in [0.3, 0.4) is 0 Å². The Morgan fingerprint density at radius 1 is 1.43 bits per heavy atom. The van der Waals surface area contributed by atoms with E-state index in [4.69, 9.17) is 9.52 Å². The fourth-order valence-corrected chi connectivity index (χ4v) is 2.43. The van der Waals surface area contributed by atoms with Crippen LogP contribution < -0.4 is 0 Å². The third-order valence-corrected chi connectivity index (χ3v) is 3.63. The summed E-state index contributed by atoms with van der Waals surface area (Å²) in [5, 5.41) is 9.40.